The van der Waals surface area contributed by atoms with E-state index in [1.54, 1.807) is 0 Å². The summed E-state index contributed by atoms with van der Waals surface area (Å²) in [4.78, 5) is 2.15. The number of nitrogens with zero attached hydrogens (tertiary/aromatic N) is 1. The van der Waals surface area contributed by atoms with Crippen LogP contribution >= 0.6 is 30.4 Å². The highest BCUT2D eigenvalue weighted by Gasteiger charge is 1.89. The van der Waals surface area contributed by atoms with Gasteiger partial charge in [0.2, 0.25) is 0 Å². The van der Waals surface area contributed by atoms with Crippen LogP contribution in [0.25, 0.3) is 0 Å². The Labute approximate surface area is 73.1 Å². The van der Waals surface area contributed by atoms with Crippen molar-refractivity contribution in [2.24, 2.45) is 0 Å². The summed E-state index contributed by atoms with van der Waals surface area (Å²) in [7, 11) is 5.54. The van der Waals surface area contributed by atoms with Crippen molar-refractivity contribution in [3.63, 3.8) is 0 Å². The summed E-state index contributed by atoms with van der Waals surface area (Å²) < 4.78 is 5.06. The summed E-state index contributed by atoms with van der Waals surface area (Å²) in [5, 5.41) is 0. The van der Waals surface area contributed by atoms with Crippen molar-refractivity contribution in [3.05, 3.63) is 0 Å². The zero-order valence-electron chi connectivity index (χ0n) is 5.76. The van der Waals surface area contributed by atoms with Gasteiger partial charge in [0.1, 0.15) is 0 Å². The SMILES string of the molecule is CN(C)CCCOSI. The molecular weight excluding hydrogens is 249 g/mol. The minimum atomic E-state index is 0.853. The first-order valence-corrected chi connectivity index (χ1v) is 6.10. The predicted molar refractivity (Wildman–Crippen MR) is 50.7 cm³/mol. The highest BCUT2D eigenvalue weighted by molar-refractivity contribution is 14.2. The fraction of sp³-hybridized carbons (Fsp3) is 1.00. The van der Waals surface area contributed by atoms with Gasteiger partial charge in [-0.1, -0.05) is 0 Å². The third kappa shape index (κ3) is 9.00. The highest BCUT2D eigenvalue weighted by Crippen LogP contribution is 2.11. The maximum atomic E-state index is 5.06. The van der Waals surface area contributed by atoms with Crippen LogP contribution in [0.3, 0.4) is 0 Å². The number of hydrogen-bond acceptors (Lipinski definition) is 3. The molecule has 9 heavy (non-hydrogen) atoms. The first-order chi connectivity index (χ1) is 4.27. The van der Waals surface area contributed by atoms with Crippen molar-refractivity contribution in [1.82, 2.24) is 4.90 Å². The monoisotopic (exact) mass is 261 g/mol. The van der Waals surface area contributed by atoms with Crippen molar-refractivity contribution >= 4 is 30.4 Å². The van der Waals surface area contributed by atoms with Crippen molar-refractivity contribution in [2.45, 2.75) is 6.42 Å². The van der Waals surface area contributed by atoms with E-state index in [0.717, 1.165) is 19.6 Å². The zero-order valence-corrected chi connectivity index (χ0v) is 8.74. The molecule has 0 aliphatic rings. The minimum Gasteiger partial charge on any atom is -0.309 e. The van der Waals surface area contributed by atoms with Gasteiger partial charge in [-0.25, -0.2) is 0 Å². The third-order valence-electron chi connectivity index (χ3n) is 0.878. The molecule has 0 saturated heterocycles. The van der Waals surface area contributed by atoms with Crippen LogP contribution in [-0.2, 0) is 4.18 Å². The fourth-order valence-electron chi connectivity index (χ4n) is 0.471. The van der Waals surface area contributed by atoms with E-state index in [9.17, 15) is 0 Å². The molecule has 0 aromatic heterocycles. The van der Waals surface area contributed by atoms with Crippen molar-refractivity contribution < 1.29 is 4.18 Å². The molecule has 0 spiro atoms. The van der Waals surface area contributed by atoms with Gasteiger partial charge in [0.25, 0.3) is 0 Å². The minimum absolute atomic E-state index is 0.853. The molecule has 0 aliphatic heterocycles. The molecule has 0 N–H and O–H groups in total. The van der Waals surface area contributed by atoms with E-state index in [-0.39, 0.29) is 0 Å². The molecule has 0 fully saturated rings. The van der Waals surface area contributed by atoms with Crippen molar-refractivity contribution in [2.75, 3.05) is 27.2 Å². The average molecular weight is 261 g/mol. The number of rotatable bonds is 5. The molecule has 0 aliphatic carbocycles. The molecule has 0 rings (SSSR count). The molecule has 0 radical (unpaired) electrons. The van der Waals surface area contributed by atoms with Gasteiger partial charge in [-0.15, -0.1) is 0 Å². The van der Waals surface area contributed by atoms with Crippen LogP contribution in [-0.4, -0.2) is 32.1 Å². The Hall–Kier alpha value is 1.00. The van der Waals surface area contributed by atoms with Crippen LogP contribution in [0.2, 0.25) is 0 Å². The van der Waals surface area contributed by atoms with Crippen LogP contribution in [0.5, 0.6) is 0 Å². The van der Waals surface area contributed by atoms with E-state index in [0.29, 0.717) is 0 Å². The predicted octanol–water partition coefficient (Wildman–Crippen LogP) is 1.95. The topological polar surface area (TPSA) is 12.5 Å². The zero-order chi connectivity index (χ0) is 7.11. The van der Waals surface area contributed by atoms with Gasteiger partial charge >= 0.3 is 0 Å². The van der Waals surface area contributed by atoms with E-state index in [1.807, 2.05) is 0 Å². The van der Waals surface area contributed by atoms with Crippen LogP contribution in [0.1, 0.15) is 6.42 Å². The summed E-state index contributed by atoms with van der Waals surface area (Å²) in [5.74, 6) is 0. The van der Waals surface area contributed by atoms with Gasteiger partial charge < -0.3 is 9.08 Å². The molecule has 0 heterocycles. The summed E-state index contributed by atoms with van der Waals surface area (Å²) in [6, 6.07) is 0. The first-order valence-electron chi connectivity index (χ1n) is 2.82. The Bertz CT molecular complexity index is 62.9. The number of halogens is 1. The van der Waals surface area contributed by atoms with Crippen LogP contribution in [0.4, 0.5) is 0 Å². The summed E-state index contributed by atoms with van der Waals surface area (Å²) >= 11 is 2.13. The first kappa shape index (κ1) is 10.0. The van der Waals surface area contributed by atoms with E-state index in [4.69, 9.17) is 4.18 Å². The molecule has 2 nitrogen and oxygen atoms in total. The van der Waals surface area contributed by atoms with Gasteiger partial charge in [0, 0.05) is 21.2 Å². The van der Waals surface area contributed by atoms with Gasteiger partial charge in [-0.05, 0) is 27.1 Å². The van der Waals surface area contributed by atoms with Gasteiger partial charge in [-0.3, -0.25) is 0 Å². The Balaban J connectivity index is 2.75. The third-order valence-corrected chi connectivity index (χ3v) is 1.90. The Morgan fingerprint density at radius 1 is 1.56 bits per heavy atom. The lowest BCUT2D eigenvalue weighted by molar-refractivity contribution is 0.319. The molecule has 0 amide bonds. The molecular formula is C5H12INOS. The van der Waals surface area contributed by atoms with Crippen LogP contribution in [0, 0.1) is 0 Å². The smallest absolute Gasteiger partial charge is 0.0650 e. The lowest BCUT2D eigenvalue weighted by Gasteiger charge is -2.07. The fourth-order valence-corrected chi connectivity index (χ4v) is 1.19. The largest absolute Gasteiger partial charge is 0.309 e. The lowest BCUT2D eigenvalue weighted by atomic mass is 10.4. The summed E-state index contributed by atoms with van der Waals surface area (Å²) in [5.41, 5.74) is 0. The molecule has 0 aromatic rings. The Kier molecular flexibility index (Phi) is 7.90. The molecule has 4 heteroatoms. The van der Waals surface area contributed by atoms with Crippen LogP contribution < -0.4 is 0 Å². The normalized spacial score (nSPS) is 10.7. The Morgan fingerprint density at radius 2 is 2.22 bits per heavy atom. The van der Waals surface area contributed by atoms with E-state index < -0.39 is 0 Å². The second-order valence-corrected chi connectivity index (χ2v) is 3.48. The van der Waals surface area contributed by atoms with E-state index in [1.165, 1.54) is 9.21 Å². The van der Waals surface area contributed by atoms with Crippen molar-refractivity contribution in [3.8, 4) is 0 Å². The molecule has 0 aromatic carbocycles. The maximum absolute atomic E-state index is 5.06. The summed E-state index contributed by atoms with van der Waals surface area (Å²) in [6.07, 6.45) is 1.11. The van der Waals surface area contributed by atoms with Gasteiger partial charge in [0.15, 0.2) is 0 Å². The molecule has 0 unspecified atom stereocenters. The van der Waals surface area contributed by atoms with Gasteiger partial charge in [-0.2, -0.15) is 0 Å². The molecule has 0 bridgehead atoms. The molecule has 0 atom stereocenters. The van der Waals surface area contributed by atoms with Crippen LogP contribution in [0.15, 0.2) is 0 Å². The molecule has 0 saturated carbocycles. The van der Waals surface area contributed by atoms with E-state index in [2.05, 4.69) is 40.2 Å². The van der Waals surface area contributed by atoms with Gasteiger partial charge in [0.05, 0.1) is 15.8 Å². The molecule has 56 valence electrons. The average Bonchev–Trinajstić information content (AvgIpc) is 1.80. The quantitative estimate of drug-likeness (QED) is 0.426. The maximum Gasteiger partial charge on any atom is 0.0650 e. The second-order valence-electron chi connectivity index (χ2n) is 2.04. The standard InChI is InChI=1S/C5H12INOS/c1-7(2)4-3-5-8-9-6/h3-5H2,1-2H3. The van der Waals surface area contributed by atoms with E-state index >= 15 is 0 Å². The highest BCUT2D eigenvalue weighted by atomic mass is 127. The Morgan fingerprint density at radius 3 is 2.67 bits per heavy atom. The summed E-state index contributed by atoms with van der Waals surface area (Å²) in [6.45, 7) is 1.96. The lowest BCUT2D eigenvalue weighted by Crippen LogP contribution is -2.13. The van der Waals surface area contributed by atoms with Crippen molar-refractivity contribution in [1.29, 1.82) is 0 Å². The second kappa shape index (κ2) is 7.11. The number of hydrogen-bond donors (Lipinski definition) is 0.